The van der Waals surface area contributed by atoms with Crippen molar-refractivity contribution in [1.29, 1.82) is 0 Å². The maximum atomic E-state index is 12.0. The van der Waals surface area contributed by atoms with Crippen LogP contribution in [0.5, 0.6) is 5.75 Å². The molecule has 0 N–H and O–H groups in total. The van der Waals surface area contributed by atoms with Gasteiger partial charge in [0.25, 0.3) is 0 Å². The third kappa shape index (κ3) is 4.33. The number of benzene rings is 2. The van der Waals surface area contributed by atoms with E-state index in [2.05, 4.69) is 0 Å². The summed E-state index contributed by atoms with van der Waals surface area (Å²) in [6, 6.07) is 12.6. The largest absolute Gasteiger partial charge is 0.459 e. The fourth-order valence-electron chi connectivity index (χ4n) is 1.72. The molecule has 0 bridgehead atoms. The molecule has 0 unspecified atom stereocenters. The molecule has 0 aliphatic carbocycles. The van der Waals surface area contributed by atoms with Gasteiger partial charge in [-0.1, -0.05) is 17.7 Å². The summed E-state index contributed by atoms with van der Waals surface area (Å²) < 4.78 is 10.3. The van der Waals surface area contributed by atoms with Crippen molar-refractivity contribution in [2.45, 2.75) is 20.0 Å². The van der Waals surface area contributed by atoms with E-state index in [0.717, 1.165) is 0 Å². The number of esters is 2. The van der Waals surface area contributed by atoms with Crippen LogP contribution in [0.3, 0.4) is 0 Å². The minimum Gasteiger partial charge on any atom is -0.459 e. The molecule has 2 aromatic carbocycles. The monoisotopic (exact) mass is 318 g/mol. The molecule has 4 nitrogen and oxygen atoms in total. The second-order valence-electron chi connectivity index (χ2n) is 4.88. The number of halogens is 1. The molecule has 5 heteroatoms. The first-order valence-electron chi connectivity index (χ1n) is 6.74. The zero-order valence-corrected chi connectivity index (χ0v) is 13.0. The van der Waals surface area contributed by atoms with Gasteiger partial charge in [0.15, 0.2) is 0 Å². The van der Waals surface area contributed by atoms with Crippen LogP contribution in [0, 0.1) is 0 Å². The molecule has 114 valence electrons. The van der Waals surface area contributed by atoms with Crippen LogP contribution < -0.4 is 4.74 Å². The summed E-state index contributed by atoms with van der Waals surface area (Å²) in [5, 5.41) is 0.537. The van der Waals surface area contributed by atoms with Crippen LogP contribution in [-0.4, -0.2) is 18.0 Å². The lowest BCUT2D eigenvalue weighted by Crippen LogP contribution is -2.12. The average Bonchev–Trinajstić information content (AvgIpc) is 2.47. The molecular weight excluding hydrogens is 304 g/mol. The SMILES string of the molecule is CC(C)OC(=O)c1cccc(OC(=O)c2ccc(Cl)cc2)c1. The topological polar surface area (TPSA) is 52.6 Å². The Morgan fingerprint density at radius 1 is 0.955 bits per heavy atom. The molecule has 0 heterocycles. The van der Waals surface area contributed by atoms with Crippen LogP contribution in [0.15, 0.2) is 48.5 Å². The third-order valence-corrected chi connectivity index (χ3v) is 2.95. The van der Waals surface area contributed by atoms with Gasteiger partial charge in [-0.2, -0.15) is 0 Å². The van der Waals surface area contributed by atoms with E-state index in [1.54, 1.807) is 56.3 Å². The lowest BCUT2D eigenvalue weighted by Gasteiger charge is -2.09. The zero-order valence-electron chi connectivity index (χ0n) is 12.2. The number of ether oxygens (including phenoxy) is 2. The summed E-state index contributed by atoms with van der Waals surface area (Å²) >= 11 is 5.77. The molecule has 0 saturated heterocycles. The quantitative estimate of drug-likeness (QED) is 0.628. The van der Waals surface area contributed by atoms with E-state index in [9.17, 15) is 9.59 Å². The minimum atomic E-state index is -0.522. The minimum absolute atomic E-state index is 0.215. The van der Waals surface area contributed by atoms with Crippen LogP contribution in [-0.2, 0) is 4.74 Å². The first kappa shape index (κ1) is 16.0. The summed E-state index contributed by atoms with van der Waals surface area (Å²) in [4.78, 5) is 23.8. The van der Waals surface area contributed by atoms with Gasteiger partial charge in [0, 0.05) is 5.02 Å². The van der Waals surface area contributed by atoms with E-state index in [1.807, 2.05) is 0 Å². The Morgan fingerprint density at radius 2 is 1.64 bits per heavy atom. The molecule has 0 atom stereocenters. The molecule has 0 saturated carbocycles. The van der Waals surface area contributed by atoms with Gasteiger partial charge in [-0.05, 0) is 56.3 Å². The predicted molar refractivity (Wildman–Crippen MR) is 83.4 cm³/mol. The first-order valence-corrected chi connectivity index (χ1v) is 7.12. The van der Waals surface area contributed by atoms with Crippen LogP contribution in [0.4, 0.5) is 0 Å². The Morgan fingerprint density at radius 3 is 2.27 bits per heavy atom. The zero-order chi connectivity index (χ0) is 16.1. The van der Waals surface area contributed by atoms with Crippen molar-refractivity contribution in [3.05, 3.63) is 64.7 Å². The van der Waals surface area contributed by atoms with E-state index >= 15 is 0 Å². The van der Waals surface area contributed by atoms with Crippen LogP contribution >= 0.6 is 11.6 Å². The Labute approximate surface area is 133 Å². The fraction of sp³-hybridized carbons (Fsp3) is 0.176. The molecule has 0 aromatic heterocycles. The summed E-state index contributed by atoms with van der Waals surface area (Å²) in [7, 11) is 0. The Kier molecular flexibility index (Phi) is 5.17. The van der Waals surface area contributed by atoms with E-state index in [1.165, 1.54) is 6.07 Å². The third-order valence-electron chi connectivity index (χ3n) is 2.70. The number of rotatable bonds is 4. The van der Waals surface area contributed by atoms with Gasteiger partial charge in [-0.3, -0.25) is 0 Å². The van der Waals surface area contributed by atoms with E-state index in [0.29, 0.717) is 16.1 Å². The first-order chi connectivity index (χ1) is 10.5. The standard InChI is InChI=1S/C17H15ClO4/c1-11(2)21-17(20)13-4-3-5-15(10-13)22-16(19)12-6-8-14(18)9-7-12/h3-11H,1-2H3. The lowest BCUT2D eigenvalue weighted by molar-refractivity contribution is 0.0376. The molecule has 0 aliphatic heterocycles. The summed E-state index contributed by atoms with van der Waals surface area (Å²) in [5.74, 6) is -0.705. The van der Waals surface area contributed by atoms with Crippen LogP contribution in [0.2, 0.25) is 5.02 Å². The van der Waals surface area contributed by atoms with Crippen molar-refractivity contribution in [2.75, 3.05) is 0 Å². The Balaban J connectivity index is 2.11. The molecule has 0 aliphatic rings. The summed E-state index contributed by atoms with van der Waals surface area (Å²) in [5.41, 5.74) is 0.703. The van der Waals surface area contributed by atoms with Crippen molar-refractivity contribution in [2.24, 2.45) is 0 Å². The second kappa shape index (κ2) is 7.09. The van der Waals surface area contributed by atoms with Gasteiger partial charge in [-0.25, -0.2) is 9.59 Å². The van der Waals surface area contributed by atoms with Gasteiger partial charge in [-0.15, -0.1) is 0 Å². The van der Waals surface area contributed by atoms with Crippen LogP contribution in [0.25, 0.3) is 0 Å². The van der Waals surface area contributed by atoms with E-state index in [4.69, 9.17) is 21.1 Å². The smallest absolute Gasteiger partial charge is 0.343 e. The molecule has 0 radical (unpaired) electrons. The molecule has 0 amide bonds. The highest BCUT2D eigenvalue weighted by atomic mass is 35.5. The normalized spacial score (nSPS) is 10.4. The average molecular weight is 319 g/mol. The number of hydrogen-bond acceptors (Lipinski definition) is 4. The van der Waals surface area contributed by atoms with E-state index < -0.39 is 11.9 Å². The van der Waals surface area contributed by atoms with Crippen molar-refractivity contribution in [3.63, 3.8) is 0 Å². The lowest BCUT2D eigenvalue weighted by atomic mass is 10.2. The number of carbonyl (C=O) groups is 2. The highest BCUT2D eigenvalue weighted by molar-refractivity contribution is 6.30. The Hall–Kier alpha value is -2.33. The Bertz CT molecular complexity index is 677. The second-order valence-corrected chi connectivity index (χ2v) is 5.31. The highest BCUT2D eigenvalue weighted by Crippen LogP contribution is 2.17. The van der Waals surface area contributed by atoms with Gasteiger partial charge >= 0.3 is 11.9 Å². The van der Waals surface area contributed by atoms with Gasteiger partial charge in [0.2, 0.25) is 0 Å². The number of hydrogen-bond donors (Lipinski definition) is 0. The van der Waals surface area contributed by atoms with Gasteiger partial charge in [0.1, 0.15) is 5.75 Å². The fourth-order valence-corrected chi connectivity index (χ4v) is 1.85. The molecule has 22 heavy (non-hydrogen) atoms. The van der Waals surface area contributed by atoms with Crippen molar-refractivity contribution in [1.82, 2.24) is 0 Å². The predicted octanol–water partition coefficient (Wildman–Crippen LogP) is 4.12. The summed E-state index contributed by atoms with van der Waals surface area (Å²) in [6.07, 6.45) is -0.215. The van der Waals surface area contributed by atoms with Crippen molar-refractivity contribution in [3.8, 4) is 5.75 Å². The van der Waals surface area contributed by atoms with Gasteiger partial charge < -0.3 is 9.47 Å². The molecule has 2 rings (SSSR count). The summed E-state index contributed by atoms with van der Waals surface area (Å²) in [6.45, 7) is 3.53. The molecule has 0 fully saturated rings. The van der Waals surface area contributed by atoms with Crippen molar-refractivity contribution < 1.29 is 19.1 Å². The molecule has 0 spiro atoms. The van der Waals surface area contributed by atoms with Crippen LogP contribution in [0.1, 0.15) is 34.6 Å². The van der Waals surface area contributed by atoms with Crippen molar-refractivity contribution >= 4 is 23.5 Å². The molecule has 2 aromatic rings. The highest BCUT2D eigenvalue weighted by Gasteiger charge is 2.12. The maximum absolute atomic E-state index is 12.0. The maximum Gasteiger partial charge on any atom is 0.343 e. The van der Waals surface area contributed by atoms with E-state index in [-0.39, 0.29) is 11.9 Å². The molecular formula is C17H15ClO4. The van der Waals surface area contributed by atoms with Gasteiger partial charge in [0.05, 0.1) is 17.2 Å². The number of carbonyl (C=O) groups excluding carboxylic acids is 2.